The van der Waals surface area contributed by atoms with E-state index in [-0.39, 0.29) is 5.57 Å². The van der Waals surface area contributed by atoms with Gasteiger partial charge in [-0.15, -0.1) is 11.3 Å². The van der Waals surface area contributed by atoms with Gasteiger partial charge in [0.05, 0.1) is 5.69 Å². The summed E-state index contributed by atoms with van der Waals surface area (Å²) in [5.41, 5.74) is 3.89. The smallest absolute Gasteiger partial charge is 0.267 e. The molecular formula is C19H21N5OS. The van der Waals surface area contributed by atoms with Gasteiger partial charge >= 0.3 is 0 Å². The molecule has 1 aliphatic rings. The standard InChI is InChI=1S/C19H21N5OS/c1-12-4-5-15(13(2)8-12)22-18(25)14(9-20)10-21-19-23-16-6-7-24(3)11-17(16)26-19/h4-5,8,10H,6-7,11H2,1-3H3,(H,21,23)(H,22,25)/b14-10-. The molecule has 1 amide bonds. The summed E-state index contributed by atoms with van der Waals surface area (Å²) < 4.78 is 0. The van der Waals surface area contributed by atoms with Gasteiger partial charge in [-0.05, 0) is 32.5 Å². The first kappa shape index (κ1) is 18.1. The SMILES string of the molecule is Cc1ccc(NC(=O)/C(C#N)=C\Nc2nc3c(s2)CN(C)CC3)c(C)c1. The van der Waals surface area contributed by atoms with Crippen molar-refractivity contribution in [3.63, 3.8) is 0 Å². The van der Waals surface area contributed by atoms with E-state index in [1.54, 1.807) is 11.3 Å². The summed E-state index contributed by atoms with van der Waals surface area (Å²) in [7, 11) is 2.08. The van der Waals surface area contributed by atoms with Crippen LogP contribution in [0.5, 0.6) is 0 Å². The molecule has 2 heterocycles. The van der Waals surface area contributed by atoms with Gasteiger partial charge in [0.1, 0.15) is 11.6 Å². The number of nitrogens with one attached hydrogen (secondary N) is 2. The number of nitriles is 1. The van der Waals surface area contributed by atoms with Crippen LogP contribution < -0.4 is 10.6 Å². The molecule has 1 aromatic heterocycles. The van der Waals surface area contributed by atoms with Crippen molar-refractivity contribution < 1.29 is 4.79 Å². The molecule has 0 saturated heterocycles. The maximum absolute atomic E-state index is 12.4. The van der Waals surface area contributed by atoms with E-state index in [2.05, 4.69) is 27.6 Å². The summed E-state index contributed by atoms with van der Waals surface area (Å²) >= 11 is 1.56. The number of hydrogen-bond donors (Lipinski definition) is 2. The number of fused-ring (bicyclic) bond motifs is 1. The number of nitrogens with zero attached hydrogens (tertiary/aromatic N) is 3. The van der Waals surface area contributed by atoms with Gasteiger partial charge in [-0.3, -0.25) is 4.79 Å². The van der Waals surface area contributed by atoms with Crippen LogP contribution >= 0.6 is 11.3 Å². The Bertz CT molecular complexity index is 909. The fraction of sp³-hybridized carbons (Fsp3) is 0.316. The van der Waals surface area contributed by atoms with E-state index in [0.29, 0.717) is 10.8 Å². The van der Waals surface area contributed by atoms with Crippen molar-refractivity contribution >= 4 is 28.1 Å². The van der Waals surface area contributed by atoms with Crippen LogP contribution in [0.15, 0.2) is 30.0 Å². The molecule has 26 heavy (non-hydrogen) atoms. The molecule has 2 aromatic rings. The Hall–Kier alpha value is -2.69. The van der Waals surface area contributed by atoms with Crippen molar-refractivity contribution in [3.8, 4) is 6.07 Å². The molecule has 3 rings (SSSR count). The predicted octanol–water partition coefficient (Wildman–Crippen LogP) is 3.21. The first-order valence-electron chi connectivity index (χ1n) is 8.39. The second kappa shape index (κ2) is 7.68. The van der Waals surface area contributed by atoms with Crippen molar-refractivity contribution in [3.05, 3.63) is 51.7 Å². The van der Waals surface area contributed by atoms with Crippen molar-refractivity contribution in [2.45, 2.75) is 26.8 Å². The highest BCUT2D eigenvalue weighted by Gasteiger charge is 2.18. The molecule has 0 bridgehead atoms. The number of amides is 1. The maximum atomic E-state index is 12.4. The normalized spacial score (nSPS) is 14.5. The van der Waals surface area contributed by atoms with Crippen molar-refractivity contribution in [1.82, 2.24) is 9.88 Å². The summed E-state index contributed by atoms with van der Waals surface area (Å²) in [5, 5.41) is 15.8. The summed E-state index contributed by atoms with van der Waals surface area (Å²) in [6, 6.07) is 7.70. The Morgan fingerprint density at radius 3 is 2.96 bits per heavy atom. The van der Waals surface area contributed by atoms with Gasteiger partial charge in [-0.1, -0.05) is 17.7 Å². The monoisotopic (exact) mass is 367 g/mol. The summed E-state index contributed by atoms with van der Waals surface area (Å²) in [5.74, 6) is -0.437. The lowest BCUT2D eigenvalue weighted by atomic mass is 10.1. The summed E-state index contributed by atoms with van der Waals surface area (Å²) in [4.78, 5) is 20.4. The van der Waals surface area contributed by atoms with Crippen LogP contribution in [-0.2, 0) is 17.8 Å². The lowest BCUT2D eigenvalue weighted by Crippen LogP contribution is -2.25. The number of carbonyl (C=O) groups excluding carboxylic acids is 1. The highest BCUT2D eigenvalue weighted by molar-refractivity contribution is 7.15. The number of benzene rings is 1. The van der Waals surface area contributed by atoms with Gasteiger partial charge < -0.3 is 15.5 Å². The molecule has 2 N–H and O–H groups in total. The van der Waals surface area contributed by atoms with Gasteiger partial charge in [0, 0.05) is 36.3 Å². The zero-order valence-electron chi connectivity index (χ0n) is 15.1. The highest BCUT2D eigenvalue weighted by Crippen LogP contribution is 2.27. The fourth-order valence-electron chi connectivity index (χ4n) is 2.81. The van der Waals surface area contributed by atoms with E-state index in [4.69, 9.17) is 0 Å². The van der Waals surface area contributed by atoms with E-state index in [0.717, 1.165) is 36.3 Å². The lowest BCUT2D eigenvalue weighted by Gasteiger charge is -2.20. The van der Waals surface area contributed by atoms with Crippen molar-refractivity contribution in [2.75, 3.05) is 24.2 Å². The van der Waals surface area contributed by atoms with E-state index in [9.17, 15) is 10.1 Å². The minimum Gasteiger partial charge on any atom is -0.337 e. The number of thiazole rings is 1. The van der Waals surface area contributed by atoms with Crippen LogP contribution in [0.3, 0.4) is 0 Å². The largest absolute Gasteiger partial charge is 0.337 e. The molecule has 0 spiro atoms. The first-order chi connectivity index (χ1) is 12.5. The average molecular weight is 367 g/mol. The molecule has 6 nitrogen and oxygen atoms in total. The molecule has 0 saturated carbocycles. The Labute approximate surface area is 157 Å². The highest BCUT2D eigenvalue weighted by atomic mass is 32.1. The van der Waals surface area contributed by atoms with Gasteiger partial charge in [0.15, 0.2) is 5.13 Å². The Balaban J connectivity index is 1.70. The number of likely N-dealkylation sites (N-methyl/N-ethyl adjacent to an activating group) is 1. The summed E-state index contributed by atoms with van der Waals surface area (Å²) in [6.45, 7) is 5.80. The van der Waals surface area contributed by atoms with Gasteiger partial charge in [0.2, 0.25) is 0 Å². The van der Waals surface area contributed by atoms with Crippen LogP contribution in [0.4, 0.5) is 10.8 Å². The Kier molecular flexibility index (Phi) is 5.35. The fourth-order valence-corrected chi connectivity index (χ4v) is 3.87. The Morgan fingerprint density at radius 1 is 1.42 bits per heavy atom. The van der Waals surface area contributed by atoms with Gasteiger partial charge in [-0.2, -0.15) is 5.26 Å². The molecule has 0 unspecified atom stereocenters. The molecule has 0 fully saturated rings. The maximum Gasteiger partial charge on any atom is 0.267 e. The molecule has 7 heteroatoms. The summed E-state index contributed by atoms with van der Waals surface area (Å²) in [6.07, 6.45) is 2.35. The molecular weight excluding hydrogens is 346 g/mol. The zero-order valence-corrected chi connectivity index (χ0v) is 15.9. The third-order valence-corrected chi connectivity index (χ3v) is 5.27. The van der Waals surface area contributed by atoms with E-state index in [1.165, 1.54) is 11.1 Å². The number of anilines is 2. The van der Waals surface area contributed by atoms with Crippen LogP contribution in [0.25, 0.3) is 0 Å². The van der Waals surface area contributed by atoms with Gasteiger partial charge in [-0.25, -0.2) is 4.98 Å². The van der Waals surface area contributed by atoms with E-state index < -0.39 is 5.91 Å². The van der Waals surface area contributed by atoms with E-state index in [1.807, 2.05) is 38.1 Å². The quantitative estimate of drug-likeness (QED) is 0.641. The Morgan fingerprint density at radius 2 is 2.23 bits per heavy atom. The minimum atomic E-state index is -0.437. The van der Waals surface area contributed by atoms with Crippen molar-refractivity contribution in [2.24, 2.45) is 0 Å². The second-order valence-electron chi connectivity index (χ2n) is 6.46. The molecule has 0 radical (unpaired) electrons. The van der Waals surface area contributed by atoms with Crippen LogP contribution in [-0.4, -0.2) is 29.4 Å². The predicted molar refractivity (Wildman–Crippen MR) is 104 cm³/mol. The third-order valence-electron chi connectivity index (χ3n) is 4.26. The molecule has 0 aliphatic carbocycles. The van der Waals surface area contributed by atoms with Crippen LogP contribution in [0.1, 0.15) is 21.7 Å². The molecule has 134 valence electrons. The topological polar surface area (TPSA) is 81.0 Å². The number of aryl methyl sites for hydroxylation is 2. The van der Waals surface area contributed by atoms with Gasteiger partial charge in [0.25, 0.3) is 5.91 Å². The van der Waals surface area contributed by atoms with E-state index >= 15 is 0 Å². The number of hydrogen-bond acceptors (Lipinski definition) is 6. The number of carbonyl (C=O) groups is 1. The number of rotatable bonds is 4. The lowest BCUT2D eigenvalue weighted by molar-refractivity contribution is -0.112. The van der Waals surface area contributed by atoms with Crippen LogP contribution in [0, 0.1) is 25.2 Å². The van der Waals surface area contributed by atoms with Crippen LogP contribution in [0.2, 0.25) is 0 Å². The average Bonchev–Trinajstić information content (AvgIpc) is 3.00. The third kappa shape index (κ3) is 4.10. The number of aromatic nitrogens is 1. The molecule has 1 aliphatic heterocycles. The molecule has 1 aromatic carbocycles. The second-order valence-corrected chi connectivity index (χ2v) is 7.55. The zero-order chi connectivity index (χ0) is 18.7. The molecule has 0 atom stereocenters. The minimum absolute atomic E-state index is 0.00950. The first-order valence-corrected chi connectivity index (χ1v) is 9.20. The van der Waals surface area contributed by atoms with Crippen molar-refractivity contribution in [1.29, 1.82) is 5.26 Å².